The molecule has 0 radical (unpaired) electrons. The number of hydrogen-bond donors (Lipinski definition) is 1. The highest BCUT2D eigenvalue weighted by Crippen LogP contribution is 2.32. The number of rotatable bonds is 5. The minimum atomic E-state index is -0.793. The van der Waals surface area contributed by atoms with Gasteiger partial charge in [0.15, 0.2) is 0 Å². The molecule has 0 aliphatic carbocycles. The second-order valence-corrected chi connectivity index (χ2v) is 9.76. The number of benzene rings is 4. The molecule has 4 aromatic rings. The third-order valence-corrected chi connectivity index (χ3v) is 6.90. The maximum Gasteiger partial charge on any atom is 0.335 e. The van der Waals surface area contributed by atoms with Gasteiger partial charge in [-0.3, -0.25) is 14.9 Å². The van der Waals surface area contributed by atoms with Gasteiger partial charge in [-0.15, -0.1) is 0 Å². The van der Waals surface area contributed by atoms with E-state index >= 15 is 0 Å². The van der Waals surface area contributed by atoms with Crippen molar-refractivity contribution in [3.05, 3.63) is 111 Å². The molecule has 5 rings (SSSR count). The number of carbonyl (C=O) groups excluding carboxylic acids is 3. The first-order valence-corrected chi connectivity index (χ1v) is 12.5. The van der Waals surface area contributed by atoms with Gasteiger partial charge in [-0.05, 0) is 77.7 Å². The summed E-state index contributed by atoms with van der Waals surface area (Å²) in [7, 11) is 0. The Bertz CT molecular complexity index is 1590. The van der Waals surface area contributed by atoms with E-state index in [1.807, 2.05) is 42.5 Å². The zero-order chi connectivity index (χ0) is 26.1. The Morgan fingerprint density at radius 2 is 1.65 bits per heavy atom. The first kappa shape index (κ1) is 24.5. The van der Waals surface area contributed by atoms with Crippen molar-refractivity contribution in [2.75, 3.05) is 4.90 Å². The highest BCUT2D eigenvalue weighted by molar-refractivity contribution is 9.10. The summed E-state index contributed by atoms with van der Waals surface area (Å²) >= 11 is 3.35. The number of halogens is 1. The van der Waals surface area contributed by atoms with E-state index < -0.39 is 17.8 Å². The highest BCUT2D eigenvalue weighted by Gasteiger charge is 2.37. The molecule has 0 spiro atoms. The Kier molecular flexibility index (Phi) is 6.63. The maximum atomic E-state index is 13.5. The van der Waals surface area contributed by atoms with Crippen LogP contribution in [0.1, 0.15) is 22.3 Å². The van der Waals surface area contributed by atoms with Gasteiger partial charge >= 0.3 is 6.03 Å². The Labute approximate surface area is 222 Å². The zero-order valence-electron chi connectivity index (χ0n) is 20.2. The number of fused-ring (bicyclic) bond motifs is 1. The number of amides is 4. The largest absolute Gasteiger partial charge is 0.488 e. The Hall–Kier alpha value is -4.23. The fourth-order valence-electron chi connectivity index (χ4n) is 4.23. The quantitative estimate of drug-likeness (QED) is 0.227. The van der Waals surface area contributed by atoms with E-state index in [2.05, 4.69) is 47.2 Å². The number of nitrogens with zero attached hydrogens (tertiary/aromatic N) is 1. The number of urea groups is 1. The molecule has 6 nitrogen and oxygen atoms in total. The van der Waals surface area contributed by atoms with Crippen LogP contribution in [0.15, 0.2) is 88.9 Å². The van der Waals surface area contributed by atoms with Crippen LogP contribution in [-0.4, -0.2) is 17.8 Å². The first-order valence-electron chi connectivity index (χ1n) is 11.7. The molecule has 0 atom stereocenters. The number of barbiturate groups is 1. The number of aryl methyl sites for hydroxylation is 2. The lowest BCUT2D eigenvalue weighted by atomic mass is 9.99. The van der Waals surface area contributed by atoms with E-state index in [0.717, 1.165) is 25.7 Å². The monoisotopic (exact) mass is 554 g/mol. The van der Waals surface area contributed by atoms with Gasteiger partial charge in [0.2, 0.25) is 0 Å². The van der Waals surface area contributed by atoms with Crippen molar-refractivity contribution in [1.82, 2.24) is 5.32 Å². The molecule has 1 aliphatic rings. The van der Waals surface area contributed by atoms with E-state index in [0.29, 0.717) is 23.6 Å². The molecular formula is C30H23BrN2O4. The van der Waals surface area contributed by atoms with Gasteiger partial charge in [-0.25, -0.2) is 9.69 Å². The molecule has 0 saturated carbocycles. The standard InChI is InChI=1S/C30H23BrN2O4/c1-18-7-8-20(15-19(18)2)17-37-27-14-9-21-5-3-4-6-24(21)25(27)16-26-28(34)32-30(36)33(29(26)35)23-12-10-22(31)11-13-23/h3-16H,17H2,1-2H3,(H,32,34,36)/b26-16+. The van der Waals surface area contributed by atoms with Crippen molar-refractivity contribution >= 4 is 56.3 Å². The SMILES string of the molecule is Cc1ccc(COc2ccc3ccccc3c2/C=C2\C(=O)NC(=O)N(c3ccc(Br)cc3)C2=O)cc1C. The predicted molar refractivity (Wildman–Crippen MR) is 147 cm³/mol. The van der Waals surface area contributed by atoms with Crippen molar-refractivity contribution in [2.24, 2.45) is 0 Å². The van der Waals surface area contributed by atoms with Crippen molar-refractivity contribution in [3.63, 3.8) is 0 Å². The van der Waals surface area contributed by atoms with Crippen LogP contribution in [0, 0.1) is 13.8 Å². The lowest BCUT2D eigenvalue weighted by molar-refractivity contribution is -0.122. The van der Waals surface area contributed by atoms with Crippen LogP contribution in [0.3, 0.4) is 0 Å². The molecule has 0 aromatic heterocycles. The maximum absolute atomic E-state index is 13.5. The fourth-order valence-corrected chi connectivity index (χ4v) is 4.50. The third kappa shape index (κ3) is 4.90. The van der Waals surface area contributed by atoms with Crippen LogP contribution < -0.4 is 15.0 Å². The van der Waals surface area contributed by atoms with Crippen molar-refractivity contribution < 1.29 is 19.1 Å². The summed E-state index contributed by atoms with van der Waals surface area (Å²) in [6.45, 7) is 4.43. The summed E-state index contributed by atoms with van der Waals surface area (Å²) in [5.74, 6) is -0.933. The average molecular weight is 555 g/mol. The molecule has 184 valence electrons. The number of anilines is 1. The van der Waals surface area contributed by atoms with Gasteiger partial charge in [0.25, 0.3) is 11.8 Å². The minimum Gasteiger partial charge on any atom is -0.488 e. The lowest BCUT2D eigenvalue weighted by Gasteiger charge is -2.26. The second-order valence-electron chi connectivity index (χ2n) is 8.84. The summed E-state index contributed by atoms with van der Waals surface area (Å²) in [6, 6.07) is 23.5. The van der Waals surface area contributed by atoms with Crippen LogP contribution in [0.25, 0.3) is 16.8 Å². The second kappa shape index (κ2) is 10.0. The molecule has 4 amide bonds. The fraction of sp³-hybridized carbons (Fsp3) is 0.100. The molecule has 0 unspecified atom stereocenters. The van der Waals surface area contributed by atoms with Crippen LogP contribution in [0.4, 0.5) is 10.5 Å². The number of carbonyl (C=O) groups is 3. The van der Waals surface area contributed by atoms with E-state index in [-0.39, 0.29) is 5.57 Å². The van der Waals surface area contributed by atoms with Crippen LogP contribution >= 0.6 is 15.9 Å². The number of imide groups is 2. The Morgan fingerprint density at radius 3 is 2.41 bits per heavy atom. The van der Waals surface area contributed by atoms with Crippen molar-refractivity contribution in [1.29, 1.82) is 0 Å². The van der Waals surface area contributed by atoms with Gasteiger partial charge in [-0.2, -0.15) is 0 Å². The molecule has 1 N–H and O–H groups in total. The molecule has 4 aromatic carbocycles. The van der Waals surface area contributed by atoms with Gasteiger partial charge < -0.3 is 4.74 Å². The summed E-state index contributed by atoms with van der Waals surface area (Å²) in [4.78, 5) is 39.9. The minimum absolute atomic E-state index is 0.157. The van der Waals surface area contributed by atoms with E-state index in [9.17, 15) is 14.4 Å². The summed E-state index contributed by atoms with van der Waals surface area (Å²) in [5, 5.41) is 4.03. The molecule has 1 fully saturated rings. The zero-order valence-corrected chi connectivity index (χ0v) is 21.8. The number of ether oxygens (including phenoxy) is 1. The first-order chi connectivity index (χ1) is 17.8. The smallest absolute Gasteiger partial charge is 0.335 e. The highest BCUT2D eigenvalue weighted by atomic mass is 79.9. The number of hydrogen-bond acceptors (Lipinski definition) is 4. The van der Waals surface area contributed by atoms with Crippen molar-refractivity contribution in [2.45, 2.75) is 20.5 Å². The van der Waals surface area contributed by atoms with Crippen LogP contribution in [0.5, 0.6) is 5.75 Å². The molecule has 1 saturated heterocycles. The summed E-state index contributed by atoms with van der Waals surface area (Å²) in [6.07, 6.45) is 1.51. The van der Waals surface area contributed by atoms with E-state index in [4.69, 9.17) is 4.74 Å². The Balaban J connectivity index is 1.57. The number of nitrogens with one attached hydrogen (secondary N) is 1. The topological polar surface area (TPSA) is 75.7 Å². The van der Waals surface area contributed by atoms with Crippen molar-refractivity contribution in [3.8, 4) is 5.75 Å². The predicted octanol–water partition coefficient (Wildman–Crippen LogP) is 6.46. The van der Waals surface area contributed by atoms with Gasteiger partial charge in [0, 0.05) is 10.0 Å². The van der Waals surface area contributed by atoms with E-state index in [1.54, 1.807) is 24.3 Å². The normalized spacial score (nSPS) is 14.8. The van der Waals surface area contributed by atoms with E-state index in [1.165, 1.54) is 17.2 Å². The Morgan fingerprint density at radius 1 is 0.892 bits per heavy atom. The molecule has 37 heavy (non-hydrogen) atoms. The lowest BCUT2D eigenvalue weighted by Crippen LogP contribution is -2.54. The van der Waals surface area contributed by atoms with Crippen LogP contribution in [-0.2, 0) is 16.2 Å². The van der Waals surface area contributed by atoms with Crippen LogP contribution in [0.2, 0.25) is 0 Å². The van der Waals surface area contributed by atoms with Gasteiger partial charge in [0.1, 0.15) is 17.9 Å². The molecule has 1 aliphatic heterocycles. The molecular weight excluding hydrogens is 532 g/mol. The van der Waals surface area contributed by atoms with Gasteiger partial charge in [0.05, 0.1) is 5.69 Å². The summed E-state index contributed by atoms with van der Waals surface area (Å²) < 4.78 is 7.01. The van der Waals surface area contributed by atoms with Gasteiger partial charge in [-0.1, -0.05) is 64.5 Å². The average Bonchev–Trinajstić information content (AvgIpc) is 2.88. The summed E-state index contributed by atoms with van der Waals surface area (Å²) in [5.41, 5.74) is 4.16. The molecule has 1 heterocycles. The molecule has 7 heteroatoms. The third-order valence-electron chi connectivity index (χ3n) is 6.37. The molecule has 0 bridgehead atoms.